The van der Waals surface area contributed by atoms with E-state index in [1.165, 1.54) is 5.69 Å². The van der Waals surface area contributed by atoms with Crippen LogP contribution in [0.2, 0.25) is 0 Å². The SMILES string of the molecule is CCOC(=O)C1(N(C(=O)CC)c2ccccc2)CCN(CCc2cccn2C)CC1. The Hall–Kier alpha value is -2.60. The maximum atomic E-state index is 13.2. The molecule has 2 aromatic rings. The predicted octanol–water partition coefficient (Wildman–Crippen LogP) is 3.41. The lowest BCUT2D eigenvalue weighted by Gasteiger charge is -2.46. The summed E-state index contributed by atoms with van der Waals surface area (Å²) in [7, 11) is 2.06. The summed E-state index contributed by atoms with van der Waals surface area (Å²) >= 11 is 0. The minimum absolute atomic E-state index is 0.0495. The van der Waals surface area contributed by atoms with Crippen LogP contribution in [0.25, 0.3) is 0 Å². The number of para-hydroxylation sites is 1. The number of ether oxygens (including phenoxy) is 1. The van der Waals surface area contributed by atoms with Crippen molar-refractivity contribution in [3.63, 3.8) is 0 Å². The van der Waals surface area contributed by atoms with Gasteiger partial charge in [0.05, 0.1) is 6.61 Å². The molecule has 1 aliphatic rings. The maximum Gasteiger partial charge on any atom is 0.332 e. The monoisotopic (exact) mass is 411 g/mol. The summed E-state index contributed by atoms with van der Waals surface area (Å²) in [4.78, 5) is 30.3. The van der Waals surface area contributed by atoms with Crippen molar-refractivity contribution in [1.29, 1.82) is 0 Å². The highest BCUT2D eigenvalue weighted by Gasteiger charge is 2.49. The Bertz CT molecular complexity index is 838. The molecule has 0 radical (unpaired) electrons. The molecule has 0 aliphatic carbocycles. The van der Waals surface area contributed by atoms with E-state index in [1.54, 1.807) is 4.90 Å². The van der Waals surface area contributed by atoms with E-state index in [1.807, 2.05) is 44.2 Å². The van der Waals surface area contributed by atoms with Gasteiger partial charge in [0.15, 0.2) is 0 Å². The van der Waals surface area contributed by atoms with Crippen LogP contribution in [0.3, 0.4) is 0 Å². The number of rotatable bonds is 8. The first-order valence-corrected chi connectivity index (χ1v) is 10.9. The fraction of sp³-hybridized carbons (Fsp3) is 0.500. The molecule has 0 bridgehead atoms. The molecule has 1 fully saturated rings. The first-order valence-electron chi connectivity index (χ1n) is 10.9. The molecule has 0 saturated carbocycles. The number of aromatic nitrogens is 1. The van der Waals surface area contributed by atoms with Gasteiger partial charge in [-0.1, -0.05) is 25.1 Å². The van der Waals surface area contributed by atoms with Gasteiger partial charge in [-0.15, -0.1) is 0 Å². The smallest absolute Gasteiger partial charge is 0.332 e. The van der Waals surface area contributed by atoms with Crippen LogP contribution in [0.1, 0.15) is 38.8 Å². The van der Waals surface area contributed by atoms with Crippen molar-refractivity contribution in [3.05, 3.63) is 54.4 Å². The van der Waals surface area contributed by atoms with Gasteiger partial charge in [0.25, 0.3) is 0 Å². The van der Waals surface area contributed by atoms with Gasteiger partial charge in [-0.3, -0.25) is 9.69 Å². The molecule has 6 heteroatoms. The van der Waals surface area contributed by atoms with Crippen LogP contribution >= 0.6 is 0 Å². The number of likely N-dealkylation sites (tertiary alicyclic amines) is 1. The first-order chi connectivity index (χ1) is 14.5. The fourth-order valence-corrected chi connectivity index (χ4v) is 4.32. The van der Waals surface area contributed by atoms with E-state index in [0.29, 0.717) is 25.9 Å². The normalized spacial score (nSPS) is 16.2. The van der Waals surface area contributed by atoms with Gasteiger partial charge in [0.2, 0.25) is 5.91 Å². The quantitative estimate of drug-likeness (QED) is 0.625. The Balaban J connectivity index is 1.81. The number of carbonyl (C=O) groups excluding carboxylic acids is 2. The minimum atomic E-state index is -0.952. The highest BCUT2D eigenvalue weighted by atomic mass is 16.5. The van der Waals surface area contributed by atoms with Crippen LogP contribution in [-0.2, 0) is 27.8 Å². The van der Waals surface area contributed by atoms with E-state index < -0.39 is 5.54 Å². The third-order valence-corrected chi connectivity index (χ3v) is 6.07. The standard InChI is InChI=1S/C24H33N3O3/c1-4-22(28)27(21-10-7-6-8-11-21)24(23(29)30-5-2)14-18-26(19-15-24)17-13-20-12-9-16-25(20)3/h6-12,16H,4-5,13-15,17-19H2,1-3H3. The van der Waals surface area contributed by atoms with Crippen molar-refractivity contribution < 1.29 is 14.3 Å². The van der Waals surface area contributed by atoms with Crippen molar-refractivity contribution >= 4 is 17.6 Å². The van der Waals surface area contributed by atoms with E-state index >= 15 is 0 Å². The number of carbonyl (C=O) groups is 2. The minimum Gasteiger partial charge on any atom is -0.464 e. The van der Waals surface area contributed by atoms with Crippen molar-refractivity contribution in [2.24, 2.45) is 7.05 Å². The molecule has 3 rings (SSSR count). The highest BCUT2D eigenvalue weighted by molar-refractivity contribution is 6.02. The van der Waals surface area contributed by atoms with E-state index in [-0.39, 0.29) is 11.9 Å². The zero-order valence-electron chi connectivity index (χ0n) is 18.3. The Labute approximate surface area is 179 Å². The molecule has 0 N–H and O–H groups in total. The second kappa shape index (κ2) is 9.94. The molecule has 0 unspecified atom stereocenters. The number of piperidine rings is 1. The molecule has 1 aliphatic heterocycles. The third-order valence-electron chi connectivity index (χ3n) is 6.07. The largest absolute Gasteiger partial charge is 0.464 e. The Kier molecular flexibility index (Phi) is 7.32. The van der Waals surface area contributed by atoms with Gasteiger partial charge in [0.1, 0.15) is 5.54 Å². The Morgan fingerprint density at radius 2 is 1.77 bits per heavy atom. The molecular formula is C24H33N3O3. The van der Waals surface area contributed by atoms with Gasteiger partial charge in [0, 0.05) is 57.1 Å². The van der Waals surface area contributed by atoms with Gasteiger partial charge in [-0.25, -0.2) is 4.79 Å². The lowest BCUT2D eigenvalue weighted by atomic mass is 9.84. The number of nitrogens with zero attached hydrogens (tertiary/aromatic N) is 3. The number of benzene rings is 1. The molecule has 1 aromatic carbocycles. The molecule has 1 aromatic heterocycles. The molecule has 30 heavy (non-hydrogen) atoms. The highest BCUT2D eigenvalue weighted by Crippen LogP contribution is 2.35. The summed E-state index contributed by atoms with van der Waals surface area (Å²) in [5, 5.41) is 0. The second-order valence-corrected chi connectivity index (χ2v) is 7.87. The molecule has 1 saturated heterocycles. The lowest BCUT2D eigenvalue weighted by Crippen LogP contribution is -2.63. The summed E-state index contributed by atoms with van der Waals surface area (Å²) in [5.41, 5.74) is 1.10. The number of aryl methyl sites for hydroxylation is 1. The van der Waals surface area contributed by atoms with Gasteiger partial charge in [-0.05, 0) is 44.0 Å². The van der Waals surface area contributed by atoms with E-state index in [4.69, 9.17) is 4.74 Å². The topological polar surface area (TPSA) is 54.8 Å². The molecule has 1 amide bonds. The zero-order valence-corrected chi connectivity index (χ0v) is 18.3. The molecular weight excluding hydrogens is 378 g/mol. The molecule has 0 spiro atoms. The third kappa shape index (κ3) is 4.59. The van der Waals surface area contributed by atoms with Crippen molar-refractivity contribution in [1.82, 2.24) is 9.47 Å². The van der Waals surface area contributed by atoms with E-state index in [2.05, 4.69) is 34.8 Å². The summed E-state index contributed by atoms with van der Waals surface area (Å²) in [6.07, 6.45) is 4.50. The summed E-state index contributed by atoms with van der Waals surface area (Å²) in [6.45, 7) is 6.40. The average molecular weight is 412 g/mol. The van der Waals surface area contributed by atoms with Crippen LogP contribution in [0.5, 0.6) is 0 Å². The molecule has 0 atom stereocenters. The number of amides is 1. The van der Waals surface area contributed by atoms with Gasteiger partial charge >= 0.3 is 5.97 Å². The molecule has 2 heterocycles. The predicted molar refractivity (Wildman–Crippen MR) is 118 cm³/mol. The summed E-state index contributed by atoms with van der Waals surface area (Å²) in [6, 6.07) is 13.7. The summed E-state index contributed by atoms with van der Waals surface area (Å²) in [5.74, 6) is -0.343. The Morgan fingerprint density at radius 1 is 1.07 bits per heavy atom. The number of hydrogen-bond donors (Lipinski definition) is 0. The maximum absolute atomic E-state index is 13.2. The number of anilines is 1. The first kappa shape index (κ1) is 22.1. The summed E-state index contributed by atoms with van der Waals surface area (Å²) < 4.78 is 7.64. The van der Waals surface area contributed by atoms with Crippen molar-refractivity contribution in [2.75, 3.05) is 31.1 Å². The second-order valence-electron chi connectivity index (χ2n) is 7.87. The van der Waals surface area contributed by atoms with Crippen LogP contribution in [0, 0.1) is 0 Å². The van der Waals surface area contributed by atoms with E-state index in [0.717, 1.165) is 31.7 Å². The van der Waals surface area contributed by atoms with Crippen LogP contribution in [-0.4, -0.2) is 53.1 Å². The number of hydrogen-bond acceptors (Lipinski definition) is 4. The van der Waals surface area contributed by atoms with Crippen molar-refractivity contribution in [3.8, 4) is 0 Å². The zero-order chi connectivity index (χ0) is 21.6. The van der Waals surface area contributed by atoms with Crippen molar-refractivity contribution in [2.45, 2.75) is 45.1 Å². The van der Waals surface area contributed by atoms with Gasteiger partial charge in [-0.2, -0.15) is 0 Å². The van der Waals surface area contributed by atoms with Gasteiger partial charge < -0.3 is 14.2 Å². The van der Waals surface area contributed by atoms with Crippen LogP contribution in [0.15, 0.2) is 48.7 Å². The van der Waals surface area contributed by atoms with Crippen LogP contribution < -0.4 is 4.90 Å². The number of esters is 1. The molecule has 162 valence electrons. The Morgan fingerprint density at radius 3 is 2.33 bits per heavy atom. The molecule has 6 nitrogen and oxygen atoms in total. The van der Waals surface area contributed by atoms with Crippen LogP contribution in [0.4, 0.5) is 5.69 Å². The lowest BCUT2D eigenvalue weighted by molar-refractivity contribution is -0.153. The average Bonchev–Trinajstić information content (AvgIpc) is 3.18. The fourth-order valence-electron chi connectivity index (χ4n) is 4.32. The van der Waals surface area contributed by atoms with E-state index in [9.17, 15) is 9.59 Å².